The van der Waals surface area contributed by atoms with Crippen LogP contribution >= 0.6 is 11.6 Å². The number of aliphatic hydroxyl groups excluding tert-OH is 2. The van der Waals surface area contributed by atoms with Crippen molar-refractivity contribution in [3.05, 3.63) is 89.1 Å². The first-order valence-corrected chi connectivity index (χ1v) is 37.7. The molecule has 103 heavy (non-hydrogen) atoms. The van der Waals surface area contributed by atoms with Crippen molar-refractivity contribution in [2.24, 2.45) is 23.7 Å². The van der Waals surface area contributed by atoms with Crippen LogP contribution in [0.25, 0.3) is 11.3 Å². The topological polar surface area (TPSA) is 506 Å². The highest BCUT2D eigenvalue weighted by atomic mass is 35.5. The van der Waals surface area contributed by atoms with E-state index in [4.69, 9.17) is 11.6 Å². The molecule has 36 heteroatoms. The Kier molecular flexibility index (Phi) is 37.5. The lowest BCUT2D eigenvalue weighted by Gasteiger charge is -2.29. The standard InChI is InChI=1S/C67H101ClN14O19S2/c1-8-39(3)48-35-56(86)54(30-42-14-11-10-12-15-42)80-65(93)49(20-24-69-6)78-64(92)52(23-29-75-67(95)59(41(5)84)82-66(94)51(22-27-73-38-103(99,100)101)79-63(91)50(77-62(48)90)21-26-71-9-2)76-61(89)46(36-70-7)34-57(87)58(40(4)83)81-60(88)45(18-25-72-37-102(96,97)98)33-55(85)44-19-28-74-53(32-44)43-16-13-17-47(68)31-43/h10-17,19,28,31-32,39-41,45-46,48-52,54,58-59,69-73,83-84H,8-9,18,20-27,29-30,33-38H2,1-7H3,(H,75,95)(H,76,89)(H,77,90)(H,78,92)(H,79,91)(H,80,93)(H,81,88)(H,82,94)(H,96,97,98)(H,99,100,101)/t39-,40+,41+,45+,46+,48-,49-,50-,51-,52-,54+,58-,59-/m0/s1. The van der Waals surface area contributed by atoms with Crippen LogP contribution in [0.2, 0.25) is 5.02 Å². The highest BCUT2D eigenvalue weighted by Gasteiger charge is 2.39. The molecule has 3 aromatic rings. The molecular weight excluding hydrogens is 1400 g/mol. The maximum atomic E-state index is 14.9. The lowest BCUT2D eigenvalue weighted by molar-refractivity contribution is -0.137. The average Bonchev–Trinajstić information content (AvgIpc) is 1.01. The summed E-state index contributed by atoms with van der Waals surface area (Å²) in [6.45, 7) is 6.89. The summed E-state index contributed by atoms with van der Waals surface area (Å²) in [4.78, 5) is 164. The van der Waals surface area contributed by atoms with Gasteiger partial charge in [0.1, 0.15) is 48.0 Å². The summed E-state index contributed by atoms with van der Waals surface area (Å²) in [5.41, 5.74) is 1.66. The second-order valence-electron chi connectivity index (χ2n) is 25.4. The van der Waals surface area contributed by atoms with Crippen molar-refractivity contribution in [2.45, 2.75) is 153 Å². The van der Waals surface area contributed by atoms with E-state index in [0.29, 0.717) is 34.8 Å². The number of hydrogen-bond acceptors (Lipinski definition) is 23. The first-order valence-electron chi connectivity index (χ1n) is 34.1. The molecule has 4 rings (SSSR count). The van der Waals surface area contributed by atoms with Gasteiger partial charge in [-0.2, -0.15) is 16.8 Å². The molecule has 0 aliphatic carbocycles. The molecule has 0 spiro atoms. The third-order valence-electron chi connectivity index (χ3n) is 17.2. The van der Waals surface area contributed by atoms with Gasteiger partial charge < -0.3 is 79.3 Å². The molecule has 0 bridgehead atoms. The van der Waals surface area contributed by atoms with Gasteiger partial charge in [0.2, 0.25) is 47.3 Å². The molecule has 2 heterocycles. The Morgan fingerprint density at radius 1 is 0.650 bits per heavy atom. The number of carbonyl (C=O) groups is 11. The molecule has 0 radical (unpaired) electrons. The van der Waals surface area contributed by atoms with Crippen LogP contribution in [0.1, 0.15) is 108 Å². The summed E-state index contributed by atoms with van der Waals surface area (Å²) in [6.07, 6.45) is -4.81. The number of halogens is 1. The average molecular weight is 1510 g/mol. The zero-order valence-corrected chi connectivity index (χ0v) is 61.3. The second-order valence-corrected chi connectivity index (χ2v) is 28.8. The van der Waals surface area contributed by atoms with Crippen LogP contribution in [0.5, 0.6) is 0 Å². The maximum Gasteiger partial charge on any atom is 0.278 e. The van der Waals surface area contributed by atoms with E-state index < -0.39 is 213 Å². The van der Waals surface area contributed by atoms with Crippen molar-refractivity contribution in [3.8, 4) is 11.3 Å². The van der Waals surface area contributed by atoms with Crippen LogP contribution in [0.15, 0.2) is 72.9 Å². The molecule has 1 aliphatic heterocycles. The van der Waals surface area contributed by atoms with E-state index in [9.17, 15) is 88.9 Å². The number of nitrogens with zero attached hydrogens (tertiary/aromatic N) is 1. The number of nitrogens with one attached hydrogen (secondary N) is 13. The Bertz CT molecular complexity index is 3580. The van der Waals surface area contributed by atoms with Crippen LogP contribution < -0.4 is 69.1 Å². The summed E-state index contributed by atoms with van der Waals surface area (Å²) in [5, 5.41) is 57.0. The van der Waals surface area contributed by atoms with Gasteiger partial charge in [-0.15, -0.1) is 0 Å². The van der Waals surface area contributed by atoms with E-state index in [-0.39, 0.29) is 64.0 Å². The highest BCUT2D eigenvalue weighted by Crippen LogP contribution is 2.25. The van der Waals surface area contributed by atoms with Gasteiger partial charge in [0.15, 0.2) is 17.3 Å². The molecule has 33 nitrogen and oxygen atoms in total. The van der Waals surface area contributed by atoms with Crippen LogP contribution in [-0.4, -0.2) is 232 Å². The lowest BCUT2D eigenvalue weighted by atomic mass is 9.84. The molecule has 8 amide bonds. The van der Waals surface area contributed by atoms with Gasteiger partial charge >= 0.3 is 0 Å². The number of ketones is 3. The monoisotopic (exact) mass is 1500 g/mol. The molecule has 1 aromatic heterocycles. The number of rotatable bonds is 36. The zero-order valence-electron chi connectivity index (χ0n) is 58.9. The summed E-state index contributed by atoms with van der Waals surface area (Å²) >= 11 is 6.20. The first-order chi connectivity index (χ1) is 48.7. The van der Waals surface area contributed by atoms with Gasteiger partial charge in [0.05, 0.1) is 29.9 Å². The van der Waals surface area contributed by atoms with Crippen molar-refractivity contribution in [3.63, 3.8) is 0 Å². The smallest absolute Gasteiger partial charge is 0.278 e. The third kappa shape index (κ3) is 31.2. The minimum absolute atomic E-state index is 0.0612. The number of benzene rings is 2. The summed E-state index contributed by atoms with van der Waals surface area (Å²) in [7, 11) is -6.10. The van der Waals surface area contributed by atoms with Gasteiger partial charge in [-0.1, -0.05) is 81.3 Å². The Morgan fingerprint density at radius 3 is 1.83 bits per heavy atom. The fourth-order valence-corrected chi connectivity index (χ4v) is 12.2. The maximum absolute atomic E-state index is 14.9. The second kappa shape index (κ2) is 44.1. The van der Waals surface area contributed by atoms with E-state index in [2.05, 4.69) is 74.1 Å². The molecule has 1 fully saturated rings. The van der Waals surface area contributed by atoms with E-state index in [1.807, 2.05) is 0 Å². The minimum atomic E-state index is -4.58. The van der Waals surface area contributed by atoms with E-state index in [0.717, 1.165) is 6.92 Å². The van der Waals surface area contributed by atoms with Crippen molar-refractivity contribution in [2.75, 3.05) is 71.7 Å². The number of pyridine rings is 1. The number of Topliss-reactive ketones (excluding diaryl/α,β-unsaturated/α-hetero) is 3. The number of hydrogen-bond donors (Lipinski definition) is 17. The van der Waals surface area contributed by atoms with Crippen molar-refractivity contribution in [1.82, 2.24) is 74.1 Å². The number of carbonyl (C=O) groups excluding carboxylic acids is 11. The third-order valence-corrected chi connectivity index (χ3v) is 18.6. The molecule has 572 valence electrons. The summed E-state index contributed by atoms with van der Waals surface area (Å²) in [6, 6.07) is 6.99. The van der Waals surface area contributed by atoms with Gasteiger partial charge in [-0.05, 0) is 135 Å². The summed E-state index contributed by atoms with van der Waals surface area (Å²) < 4.78 is 65.2. The zero-order chi connectivity index (χ0) is 76.6. The number of aliphatic hydroxyl groups is 2. The quantitative estimate of drug-likeness (QED) is 0.0173. The number of amides is 8. The van der Waals surface area contributed by atoms with E-state index >= 15 is 0 Å². The fraction of sp³-hybridized carbons (Fsp3) is 0.582. The minimum Gasteiger partial charge on any atom is -0.391 e. The van der Waals surface area contributed by atoms with Crippen molar-refractivity contribution in [1.29, 1.82) is 0 Å². The van der Waals surface area contributed by atoms with Gasteiger partial charge in [0.25, 0.3) is 20.2 Å². The number of aromatic nitrogens is 1. The first kappa shape index (κ1) is 87.6. The molecule has 1 aliphatic rings. The molecule has 0 saturated carbocycles. The van der Waals surface area contributed by atoms with Gasteiger partial charge in [-0.3, -0.25) is 66.8 Å². The molecule has 0 unspecified atom stereocenters. The SMILES string of the molecule is CCNCC[C@@H]1NC(=O)[C@H]([C@@H](C)CC)CC(=O)[C@@H](Cc2ccccc2)NC(=O)[C@H](CCNC)NC(=O)[C@@H](NC(=O)[C@@H](CNC)CC(=O)[C@@H](NC(=O)[C@H](CCNCS(=O)(=O)O)CC(=O)c2ccnc(-c3cccc(Cl)c3)c2)[C@@H](C)O)CCNC(=O)[C@H]([C@@H](C)O)NC(=O)[C@H](CCNCS(=O)(=O)O)NC1=O. The van der Waals surface area contributed by atoms with Crippen LogP contribution in [0, 0.1) is 23.7 Å². The fourth-order valence-electron chi connectivity index (χ4n) is 11.2. The Labute approximate surface area is 605 Å². The van der Waals surface area contributed by atoms with Gasteiger partial charge in [0, 0.05) is 66.5 Å². The molecule has 13 atom stereocenters. The molecule has 2 aromatic carbocycles. The normalized spacial score (nSPS) is 21.3. The van der Waals surface area contributed by atoms with Gasteiger partial charge in [-0.25, -0.2) is 0 Å². The molecule has 17 N–H and O–H groups in total. The predicted octanol–water partition coefficient (Wildman–Crippen LogP) is -1.82. The van der Waals surface area contributed by atoms with Crippen molar-refractivity contribution < 1.29 is 88.9 Å². The summed E-state index contributed by atoms with van der Waals surface area (Å²) in [5.74, 6) is -16.0. The molecule has 1 saturated heterocycles. The van der Waals surface area contributed by atoms with Crippen LogP contribution in [0.3, 0.4) is 0 Å². The molecular formula is C67H101ClN14O19S2. The predicted molar refractivity (Wildman–Crippen MR) is 381 cm³/mol. The van der Waals surface area contributed by atoms with Crippen LogP contribution in [-0.2, 0) is 74.6 Å². The lowest BCUT2D eigenvalue weighted by Crippen LogP contribution is -2.60. The van der Waals surface area contributed by atoms with E-state index in [1.165, 1.54) is 32.3 Å². The Balaban J connectivity index is 1.78. The highest BCUT2D eigenvalue weighted by molar-refractivity contribution is 7.85. The Hall–Kier alpha value is -7.81. The van der Waals surface area contributed by atoms with E-state index in [1.54, 1.807) is 82.4 Å². The Morgan fingerprint density at radius 2 is 1.24 bits per heavy atom. The largest absolute Gasteiger partial charge is 0.391 e. The van der Waals surface area contributed by atoms with Crippen molar-refractivity contribution >= 4 is 96.4 Å². The van der Waals surface area contributed by atoms with Crippen LogP contribution in [0.4, 0.5) is 0 Å².